The lowest BCUT2D eigenvalue weighted by molar-refractivity contribution is -0.137. The number of rotatable bonds is 13. The minimum absolute atomic E-state index is 0.235. The summed E-state index contributed by atoms with van der Waals surface area (Å²) >= 11 is 0. The van der Waals surface area contributed by atoms with Crippen LogP contribution in [0.1, 0.15) is 56.6 Å². The number of carbonyl (C=O) groups is 1. The van der Waals surface area contributed by atoms with Crippen molar-refractivity contribution in [3.8, 4) is 0 Å². The fraction of sp³-hybridized carbons (Fsp3) is 0.435. The van der Waals surface area contributed by atoms with Gasteiger partial charge in [-0.05, 0) is 48.2 Å². The average Bonchev–Trinajstić information content (AvgIpc) is 2.71. The molecule has 0 radical (unpaired) electrons. The number of hydrogen-bond donors (Lipinski definition) is 3. The van der Waals surface area contributed by atoms with Gasteiger partial charge in [0.25, 0.3) is 10.1 Å². The lowest BCUT2D eigenvalue weighted by Gasteiger charge is -2.16. The summed E-state index contributed by atoms with van der Waals surface area (Å²) in [5.41, 5.74) is 2.64. The van der Waals surface area contributed by atoms with Crippen molar-refractivity contribution in [3.63, 3.8) is 0 Å². The SMILES string of the molecule is CCCCCCCCc1ccc(C[C@H](Nc2ccc(S(=O)(=O)O)cc2)C(=O)O)cc1. The minimum atomic E-state index is -4.27. The molecule has 0 amide bonds. The molecule has 164 valence electrons. The van der Waals surface area contributed by atoms with Crippen LogP contribution in [0.3, 0.4) is 0 Å². The first-order valence-corrected chi connectivity index (χ1v) is 11.9. The van der Waals surface area contributed by atoms with Gasteiger partial charge in [0.2, 0.25) is 0 Å². The topological polar surface area (TPSA) is 104 Å². The summed E-state index contributed by atoms with van der Waals surface area (Å²) in [4.78, 5) is 11.4. The predicted octanol–water partition coefficient (Wildman–Crippen LogP) is 4.94. The predicted molar refractivity (Wildman–Crippen MR) is 119 cm³/mol. The van der Waals surface area contributed by atoms with E-state index in [0.29, 0.717) is 12.1 Å². The Kier molecular flexibility index (Phi) is 9.33. The van der Waals surface area contributed by atoms with Crippen molar-refractivity contribution in [2.45, 2.75) is 69.2 Å². The average molecular weight is 434 g/mol. The molecule has 30 heavy (non-hydrogen) atoms. The normalized spacial score (nSPS) is 12.5. The van der Waals surface area contributed by atoms with Crippen LogP contribution in [0.5, 0.6) is 0 Å². The molecular weight excluding hydrogens is 402 g/mol. The summed E-state index contributed by atoms with van der Waals surface area (Å²) in [5, 5.41) is 12.4. The lowest BCUT2D eigenvalue weighted by atomic mass is 10.0. The number of nitrogens with one attached hydrogen (secondary N) is 1. The fourth-order valence-corrected chi connectivity index (χ4v) is 3.79. The number of carboxylic acid groups (broad SMARTS) is 1. The van der Waals surface area contributed by atoms with Gasteiger partial charge < -0.3 is 10.4 Å². The fourth-order valence-electron chi connectivity index (χ4n) is 3.31. The van der Waals surface area contributed by atoms with E-state index in [9.17, 15) is 18.3 Å². The summed E-state index contributed by atoms with van der Waals surface area (Å²) in [6.45, 7) is 2.21. The number of aryl methyl sites for hydroxylation is 1. The van der Waals surface area contributed by atoms with E-state index in [1.165, 1.54) is 68.4 Å². The van der Waals surface area contributed by atoms with Crippen LogP contribution in [0.15, 0.2) is 53.4 Å². The maximum atomic E-state index is 11.7. The molecule has 0 aliphatic rings. The van der Waals surface area contributed by atoms with Gasteiger partial charge in [0, 0.05) is 12.1 Å². The van der Waals surface area contributed by atoms with Crippen molar-refractivity contribution < 1.29 is 22.9 Å². The Morgan fingerprint density at radius 2 is 1.47 bits per heavy atom. The molecule has 1 atom stereocenters. The summed E-state index contributed by atoms with van der Waals surface area (Å²) in [7, 11) is -4.27. The monoisotopic (exact) mass is 433 g/mol. The molecule has 2 aromatic carbocycles. The molecule has 0 aromatic heterocycles. The zero-order chi connectivity index (χ0) is 22.0. The summed E-state index contributed by atoms with van der Waals surface area (Å²) in [6, 6.07) is 12.5. The Morgan fingerprint density at radius 3 is 2.03 bits per heavy atom. The molecule has 0 bridgehead atoms. The molecule has 0 unspecified atom stereocenters. The molecular formula is C23H31NO5S. The number of hydrogen-bond acceptors (Lipinski definition) is 4. The number of anilines is 1. The molecule has 3 N–H and O–H groups in total. The van der Waals surface area contributed by atoms with Crippen LogP contribution < -0.4 is 5.32 Å². The van der Waals surface area contributed by atoms with Gasteiger partial charge in [-0.25, -0.2) is 4.79 Å². The van der Waals surface area contributed by atoms with Gasteiger partial charge in [0.1, 0.15) is 6.04 Å². The second-order valence-electron chi connectivity index (χ2n) is 7.57. The highest BCUT2D eigenvalue weighted by atomic mass is 32.2. The van der Waals surface area contributed by atoms with E-state index in [0.717, 1.165) is 12.0 Å². The molecule has 0 spiro atoms. The maximum Gasteiger partial charge on any atom is 0.326 e. The van der Waals surface area contributed by atoms with E-state index in [1.807, 2.05) is 12.1 Å². The Hall–Kier alpha value is -2.38. The van der Waals surface area contributed by atoms with Crippen molar-refractivity contribution in [1.82, 2.24) is 0 Å². The molecule has 2 aromatic rings. The largest absolute Gasteiger partial charge is 0.480 e. The highest BCUT2D eigenvalue weighted by Crippen LogP contribution is 2.17. The number of benzene rings is 2. The molecule has 7 heteroatoms. The van der Waals surface area contributed by atoms with Crippen molar-refractivity contribution in [1.29, 1.82) is 0 Å². The third kappa shape index (κ3) is 8.16. The van der Waals surface area contributed by atoms with Gasteiger partial charge in [-0.15, -0.1) is 0 Å². The zero-order valence-electron chi connectivity index (χ0n) is 17.4. The Morgan fingerprint density at radius 1 is 0.900 bits per heavy atom. The maximum absolute atomic E-state index is 11.7. The third-order valence-corrected chi connectivity index (χ3v) is 5.94. The highest BCUT2D eigenvalue weighted by Gasteiger charge is 2.18. The molecule has 0 aliphatic carbocycles. The molecule has 0 heterocycles. The minimum Gasteiger partial charge on any atom is -0.480 e. The summed E-state index contributed by atoms with van der Waals surface area (Å²) < 4.78 is 31.2. The molecule has 2 rings (SSSR count). The van der Waals surface area contributed by atoms with Crippen LogP contribution in [0.2, 0.25) is 0 Å². The lowest BCUT2D eigenvalue weighted by Crippen LogP contribution is -2.31. The smallest absolute Gasteiger partial charge is 0.326 e. The van der Waals surface area contributed by atoms with Gasteiger partial charge in [-0.3, -0.25) is 4.55 Å². The summed E-state index contributed by atoms with van der Waals surface area (Å²) in [5.74, 6) is -0.995. The molecule has 6 nitrogen and oxygen atoms in total. The Bertz CT molecular complexity index is 892. The van der Waals surface area contributed by atoms with Gasteiger partial charge >= 0.3 is 5.97 Å². The van der Waals surface area contributed by atoms with Gasteiger partial charge in [0.05, 0.1) is 4.90 Å². The van der Waals surface area contributed by atoms with E-state index in [-0.39, 0.29) is 4.90 Å². The molecule has 0 fully saturated rings. The molecule has 0 saturated carbocycles. The van der Waals surface area contributed by atoms with E-state index >= 15 is 0 Å². The van der Waals surface area contributed by atoms with Crippen molar-refractivity contribution in [3.05, 3.63) is 59.7 Å². The van der Waals surface area contributed by atoms with Gasteiger partial charge in [-0.2, -0.15) is 8.42 Å². The quantitative estimate of drug-likeness (QED) is 0.305. The molecule has 0 saturated heterocycles. The number of carboxylic acids is 1. The van der Waals surface area contributed by atoms with Crippen LogP contribution in [-0.4, -0.2) is 30.1 Å². The van der Waals surface area contributed by atoms with Crippen molar-refractivity contribution in [2.24, 2.45) is 0 Å². The van der Waals surface area contributed by atoms with Gasteiger partial charge in [-0.1, -0.05) is 63.3 Å². The second kappa shape index (κ2) is 11.7. The van der Waals surface area contributed by atoms with Crippen LogP contribution in [0, 0.1) is 0 Å². The first-order chi connectivity index (χ1) is 14.3. The van der Waals surface area contributed by atoms with E-state index in [2.05, 4.69) is 24.4 Å². The Labute approximate surface area is 179 Å². The van der Waals surface area contributed by atoms with Crippen molar-refractivity contribution >= 4 is 21.8 Å². The molecule has 0 aliphatic heterocycles. The third-order valence-electron chi connectivity index (χ3n) is 5.07. The first-order valence-electron chi connectivity index (χ1n) is 10.4. The van der Waals surface area contributed by atoms with Crippen LogP contribution in [0.4, 0.5) is 5.69 Å². The van der Waals surface area contributed by atoms with Crippen LogP contribution in [0.25, 0.3) is 0 Å². The van der Waals surface area contributed by atoms with E-state index < -0.39 is 22.1 Å². The highest BCUT2D eigenvalue weighted by molar-refractivity contribution is 7.85. The zero-order valence-corrected chi connectivity index (χ0v) is 18.2. The van der Waals surface area contributed by atoms with E-state index in [1.54, 1.807) is 0 Å². The first kappa shape index (κ1) is 23.9. The Balaban J connectivity index is 1.89. The van der Waals surface area contributed by atoms with Crippen LogP contribution in [-0.2, 0) is 27.8 Å². The van der Waals surface area contributed by atoms with E-state index in [4.69, 9.17) is 4.55 Å². The summed E-state index contributed by atoms with van der Waals surface area (Å²) in [6.07, 6.45) is 8.88. The van der Waals surface area contributed by atoms with Gasteiger partial charge in [0.15, 0.2) is 0 Å². The van der Waals surface area contributed by atoms with Crippen molar-refractivity contribution in [2.75, 3.05) is 5.32 Å². The number of unbranched alkanes of at least 4 members (excludes halogenated alkanes) is 5. The number of aliphatic carboxylic acids is 1. The van der Waals surface area contributed by atoms with Crippen LogP contribution >= 0.6 is 0 Å². The standard InChI is InChI=1S/C23H31NO5S/c1-2-3-4-5-6-7-8-18-9-11-19(12-10-18)17-22(23(25)26)24-20-13-15-21(16-14-20)30(27,28)29/h9-16,22,24H,2-8,17H2,1H3,(H,25,26)(H,27,28,29)/t22-/m0/s1. The second-order valence-corrected chi connectivity index (χ2v) is 8.99.